The molecule has 1 aliphatic rings. The maximum Gasteiger partial charge on any atom is 0.233 e. The van der Waals surface area contributed by atoms with Crippen LogP contribution in [0.4, 0.5) is 0 Å². The number of carbonyl (C=O) groups excluding carboxylic acids is 1. The second-order valence-electron chi connectivity index (χ2n) is 4.15. The van der Waals surface area contributed by atoms with E-state index in [-0.39, 0.29) is 24.5 Å². The second kappa shape index (κ2) is 7.20. The van der Waals surface area contributed by atoms with E-state index in [0.29, 0.717) is 19.5 Å². The van der Waals surface area contributed by atoms with E-state index in [9.17, 15) is 9.90 Å². The van der Waals surface area contributed by atoms with Gasteiger partial charge in [-0.25, -0.2) is 0 Å². The monoisotopic (exact) mass is 225 g/mol. The van der Waals surface area contributed by atoms with Gasteiger partial charge in [0.1, 0.15) is 0 Å². The van der Waals surface area contributed by atoms with E-state index in [1.165, 1.54) is 0 Å². The Morgan fingerprint density at radius 1 is 1.50 bits per heavy atom. The number of nitrogens with one attached hydrogen (secondary N) is 2. The Kier molecular flexibility index (Phi) is 5.83. The molecule has 1 aliphatic carbocycles. The summed E-state index contributed by atoms with van der Waals surface area (Å²) < 4.78 is 0. The summed E-state index contributed by atoms with van der Waals surface area (Å²) in [5.74, 6) is 0.189. The van der Waals surface area contributed by atoms with Crippen molar-refractivity contribution in [2.45, 2.75) is 31.8 Å². The van der Waals surface area contributed by atoms with E-state index in [2.05, 4.69) is 10.6 Å². The molecule has 1 saturated carbocycles. The summed E-state index contributed by atoms with van der Waals surface area (Å²) in [5.41, 5.74) is 0. The minimum absolute atomic E-state index is 0.0947. The molecule has 1 amide bonds. The normalized spacial score (nSPS) is 24.0. The van der Waals surface area contributed by atoms with E-state index in [4.69, 9.17) is 5.26 Å². The van der Waals surface area contributed by atoms with Crippen LogP contribution in [-0.4, -0.2) is 36.8 Å². The van der Waals surface area contributed by atoms with Crippen LogP contribution < -0.4 is 10.6 Å². The Morgan fingerprint density at radius 2 is 2.31 bits per heavy atom. The summed E-state index contributed by atoms with van der Waals surface area (Å²) >= 11 is 0. The second-order valence-corrected chi connectivity index (χ2v) is 4.15. The predicted molar refractivity (Wildman–Crippen MR) is 59.5 cm³/mol. The Balaban J connectivity index is 2.02. The van der Waals surface area contributed by atoms with Crippen LogP contribution in [0.3, 0.4) is 0 Å². The van der Waals surface area contributed by atoms with Crippen molar-refractivity contribution in [3.05, 3.63) is 0 Å². The smallest absolute Gasteiger partial charge is 0.233 e. The van der Waals surface area contributed by atoms with Gasteiger partial charge in [0.05, 0.1) is 25.1 Å². The molecule has 0 aliphatic heterocycles. The molecular formula is C11H19N3O2. The van der Waals surface area contributed by atoms with Gasteiger partial charge < -0.3 is 15.7 Å². The first-order valence-electron chi connectivity index (χ1n) is 5.76. The van der Waals surface area contributed by atoms with Crippen molar-refractivity contribution in [1.29, 1.82) is 5.26 Å². The van der Waals surface area contributed by atoms with Crippen molar-refractivity contribution >= 4 is 5.91 Å². The van der Waals surface area contributed by atoms with Gasteiger partial charge in [-0.1, -0.05) is 6.42 Å². The Labute approximate surface area is 95.8 Å². The zero-order valence-corrected chi connectivity index (χ0v) is 9.41. The van der Waals surface area contributed by atoms with Crippen molar-refractivity contribution in [3.63, 3.8) is 0 Å². The van der Waals surface area contributed by atoms with Crippen LogP contribution in [0.5, 0.6) is 0 Å². The summed E-state index contributed by atoms with van der Waals surface area (Å²) in [6.07, 6.45) is 3.11. The standard InChI is InChI=1S/C11H19N3O2/c12-5-2-6-14-11(16)8-13-7-9-3-1-4-10(9)15/h9-10,13,15H,1-4,6-8H2,(H,14,16). The topological polar surface area (TPSA) is 85.2 Å². The Morgan fingerprint density at radius 3 is 2.94 bits per heavy atom. The maximum absolute atomic E-state index is 11.2. The molecule has 0 radical (unpaired) electrons. The maximum atomic E-state index is 11.2. The third kappa shape index (κ3) is 4.60. The van der Waals surface area contributed by atoms with Crippen LogP contribution in [-0.2, 0) is 4.79 Å². The summed E-state index contributed by atoms with van der Waals surface area (Å²) in [7, 11) is 0. The van der Waals surface area contributed by atoms with Gasteiger partial charge >= 0.3 is 0 Å². The molecule has 1 fully saturated rings. The number of aliphatic hydroxyl groups is 1. The van der Waals surface area contributed by atoms with Crippen LogP contribution in [0, 0.1) is 17.2 Å². The number of rotatable bonds is 6. The quantitative estimate of drug-likeness (QED) is 0.545. The highest BCUT2D eigenvalue weighted by molar-refractivity contribution is 5.77. The molecule has 0 bridgehead atoms. The molecule has 5 nitrogen and oxygen atoms in total. The molecule has 0 spiro atoms. The number of amides is 1. The number of aliphatic hydroxyl groups excluding tert-OH is 1. The molecule has 0 saturated heterocycles. The van der Waals surface area contributed by atoms with Gasteiger partial charge in [0.2, 0.25) is 5.91 Å². The van der Waals surface area contributed by atoms with Gasteiger partial charge in [-0.05, 0) is 18.8 Å². The van der Waals surface area contributed by atoms with E-state index in [0.717, 1.165) is 19.3 Å². The average Bonchev–Trinajstić information content (AvgIpc) is 2.65. The molecule has 0 aromatic rings. The van der Waals surface area contributed by atoms with E-state index >= 15 is 0 Å². The highest BCUT2D eigenvalue weighted by atomic mass is 16.3. The van der Waals surface area contributed by atoms with Crippen molar-refractivity contribution in [3.8, 4) is 6.07 Å². The summed E-state index contributed by atoms with van der Waals surface area (Å²) in [6.45, 7) is 1.35. The molecule has 3 N–H and O–H groups in total. The van der Waals surface area contributed by atoms with Gasteiger partial charge in [-0.2, -0.15) is 5.26 Å². The lowest BCUT2D eigenvalue weighted by molar-refractivity contribution is -0.120. The number of hydrogen-bond donors (Lipinski definition) is 3. The minimum atomic E-state index is -0.214. The molecule has 16 heavy (non-hydrogen) atoms. The number of hydrogen-bond acceptors (Lipinski definition) is 4. The lowest BCUT2D eigenvalue weighted by atomic mass is 10.1. The van der Waals surface area contributed by atoms with Crippen LogP contribution in [0.2, 0.25) is 0 Å². The van der Waals surface area contributed by atoms with Crippen LogP contribution >= 0.6 is 0 Å². The summed E-state index contributed by atoms with van der Waals surface area (Å²) in [4.78, 5) is 11.2. The highest BCUT2D eigenvalue weighted by Crippen LogP contribution is 2.24. The molecule has 0 heterocycles. The van der Waals surface area contributed by atoms with Crippen molar-refractivity contribution in [1.82, 2.24) is 10.6 Å². The van der Waals surface area contributed by atoms with E-state index < -0.39 is 0 Å². The number of nitriles is 1. The van der Waals surface area contributed by atoms with Crippen LogP contribution in [0.1, 0.15) is 25.7 Å². The molecule has 90 valence electrons. The molecule has 2 unspecified atom stereocenters. The Hall–Kier alpha value is -1.12. The van der Waals surface area contributed by atoms with Crippen molar-refractivity contribution in [2.24, 2.45) is 5.92 Å². The first-order valence-corrected chi connectivity index (χ1v) is 5.76. The molecule has 0 aromatic carbocycles. The first-order chi connectivity index (χ1) is 7.74. The van der Waals surface area contributed by atoms with E-state index in [1.807, 2.05) is 6.07 Å². The zero-order chi connectivity index (χ0) is 11.8. The third-order valence-corrected chi connectivity index (χ3v) is 2.87. The fourth-order valence-corrected chi connectivity index (χ4v) is 1.95. The van der Waals surface area contributed by atoms with Gasteiger partial charge in [0.25, 0.3) is 0 Å². The van der Waals surface area contributed by atoms with Gasteiger partial charge in [-0.15, -0.1) is 0 Å². The molecular weight excluding hydrogens is 206 g/mol. The summed E-state index contributed by atoms with van der Waals surface area (Å²) in [5, 5.41) is 23.5. The lowest BCUT2D eigenvalue weighted by Crippen LogP contribution is -2.37. The zero-order valence-electron chi connectivity index (χ0n) is 9.41. The largest absolute Gasteiger partial charge is 0.393 e. The van der Waals surface area contributed by atoms with Gasteiger partial charge in [-0.3, -0.25) is 4.79 Å². The number of carbonyl (C=O) groups is 1. The van der Waals surface area contributed by atoms with E-state index in [1.54, 1.807) is 0 Å². The fourth-order valence-electron chi connectivity index (χ4n) is 1.95. The minimum Gasteiger partial charge on any atom is -0.393 e. The molecule has 2 atom stereocenters. The molecule has 1 rings (SSSR count). The fraction of sp³-hybridized carbons (Fsp3) is 0.818. The van der Waals surface area contributed by atoms with Gasteiger partial charge in [0.15, 0.2) is 0 Å². The first kappa shape index (κ1) is 12.9. The van der Waals surface area contributed by atoms with Crippen LogP contribution in [0.25, 0.3) is 0 Å². The number of nitrogens with zero attached hydrogens (tertiary/aromatic N) is 1. The summed E-state index contributed by atoms with van der Waals surface area (Å²) in [6, 6.07) is 1.96. The van der Waals surface area contributed by atoms with Crippen molar-refractivity contribution in [2.75, 3.05) is 19.6 Å². The highest BCUT2D eigenvalue weighted by Gasteiger charge is 2.24. The van der Waals surface area contributed by atoms with Crippen molar-refractivity contribution < 1.29 is 9.90 Å². The van der Waals surface area contributed by atoms with Crippen LogP contribution in [0.15, 0.2) is 0 Å². The molecule has 0 aromatic heterocycles. The molecule has 5 heteroatoms. The third-order valence-electron chi connectivity index (χ3n) is 2.87. The SMILES string of the molecule is N#CCCNC(=O)CNCC1CCCC1O. The predicted octanol–water partition coefficient (Wildman–Crippen LogP) is -0.233. The lowest BCUT2D eigenvalue weighted by Gasteiger charge is -2.14. The van der Waals surface area contributed by atoms with Gasteiger partial charge in [0, 0.05) is 13.1 Å². The Bertz CT molecular complexity index is 262. The average molecular weight is 225 g/mol.